The van der Waals surface area contributed by atoms with Crippen molar-refractivity contribution in [3.63, 3.8) is 0 Å². The van der Waals surface area contributed by atoms with Crippen molar-refractivity contribution in [3.8, 4) is 17.6 Å². The molecule has 0 aliphatic rings. The first kappa shape index (κ1) is 15.1. The van der Waals surface area contributed by atoms with Crippen molar-refractivity contribution < 1.29 is 9.90 Å². The molecule has 0 saturated heterocycles. The summed E-state index contributed by atoms with van der Waals surface area (Å²) in [6.45, 7) is 2.49. The van der Waals surface area contributed by atoms with Gasteiger partial charge in [-0.05, 0) is 30.7 Å². The van der Waals surface area contributed by atoms with E-state index in [1.54, 1.807) is 25.1 Å². The third kappa shape index (κ3) is 3.85. The van der Waals surface area contributed by atoms with Gasteiger partial charge in [-0.15, -0.1) is 11.3 Å². The van der Waals surface area contributed by atoms with Crippen molar-refractivity contribution in [3.05, 3.63) is 51.2 Å². The molecule has 1 amide bonds. The predicted octanol–water partition coefficient (Wildman–Crippen LogP) is 2.00. The Labute approximate surface area is 127 Å². The summed E-state index contributed by atoms with van der Waals surface area (Å²) in [5, 5.41) is 12.7. The Balaban J connectivity index is 2.01. The number of hydrogen-bond donors (Lipinski definition) is 3. The quantitative estimate of drug-likeness (QED) is 0.759. The molecule has 0 aliphatic heterocycles. The molecule has 5 heteroatoms. The number of benzene rings is 1. The van der Waals surface area contributed by atoms with Crippen LogP contribution in [-0.4, -0.2) is 17.6 Å². The van der Waals surface area contributed by atoms with Gasteiger partial charge in [-0.1, -0.05) is 24.0 Å². The van der Waals surface area contributed by atoms with E-state index in [0.29, 0.717) is 18.7 Å². The highest BCUT2D eigenvalue weighted by molar-refractivity contribution is 7.12. The van der Waals surface area contributed by atoms with Crippen molar-refractivity contribution in [1.82, 2.24) is 5.32 Å². The molecule has 2 aromatic rings. The van der Waals surface area contributed by atoms with Crippen LogP contribution in [0.25, 0.3) is 0 Å². The van der Waals surface area contributed by atoms with E-state index in [4.69, 9.17) is 5.73 Å². The van der Waals surface area contributed by atoms with Crippen LogP contribution >= 0.6 is 11.3 Å². The van der Waals surface area contributed by atoms with E-state index in [-0.39, 0.29) is 17.2 Å². The minimum atomic E-state index is -0.292. The Morgan fingerprint density at radius 1 is 1.38 bits per heavy atom. The maximum atomic E-state index is 12.1. The monoisotopic (exact) mass is 300 g/mol. The van der Waals surface area contributed by atoms with Gasteiger partial charge in [0.25, 0.3) is 5.91 Å². The van der Waals surface area contributed by atoms with Crippen LogP contribution in [0, 0.1) is 18.8 Å². The third-order valence-electron chi connectivity index (χ3n) is 2.88. The maximum Gasteiger partial charge on any atom is 0.255 e. The molecule has 0 spiro atoms. The van der Waals surface area contributed by atoms with Gasteiger partial charge < -0.3 is 16.2 Å². The zero-order chi connectivity index (χ0) is 15.2. The number of phenolic OH excluding ortho intramolecular Hbond substituents is 1. The van der Waals surface area contributed by atoms with Gasteiger partial charge in [-0.25, -0.2) is 0 Å². The summed E-state index contributed by atoms with van der Waals surface area (Å²) in [7, 11) is 0. The van der Waals surface area contributed by atoms with Gasteiger partial charge in [0.1, 0.15) is 5.75 Å². The van der Waals surface area contributed by atoms with E-state index >= 15 is 0 Å². The summed E-state index contributed by atoms with van der Waals surface area (Å²) >= 11 is 1.51. The fourth-order valence-corrected chi connectivity index (χ4v) is 2.61. The minimum absolute atomic E-state index is 0.0238. The third-order valence-corrected chi connectivity index (χ3v) is 3.88. The van der Waals surface area contributed by atoms with Gasteiger partial charge in [0, 0.05) is 4.88 Å². The second kappa shape index (κ2) is 6.93. The molecule has 0 atom stereocenters. The molecule has 0 fully saturated rings. The largest absolute Gasteiger partial charge is 0.507 e. The van der Waals surface area contributed by atoms with E-state index < -0.39 is 0 Å². The summed E-state index contributed by atoms with van der Waals surface area (Å²) in [5.74, 6) is 5.47. The standard InChI is InChI=1S/C16H16N2O2S/c1-11-4-2-6-14(15(11)19)16(20)18-10-13-8-7-12(21-13)5-3-9-17/h2,4,6-8,19H,9-10,17H2,1H3,(H,18,20). The molecule has 21 heavy (non-hydrogen) atoms. The lowest BCUT2D eigenvalue weighted by Gasteiger charge is -2.07. The molecule has 4 N–H and O–H groups in total. The zero-order valence-corrected chi connectivity index (χ0v) is 12.5. The van der Waals surface area contributed by atoms with Crippen LogP contribution in [0.4, 0.5) is 0 Å². The summed E-state index contributed by atoms with van der Waals surface area (Å²) in [6, 6.07) is 8.92. The molecule has 0 bridgehead atoms. The number of aryl methyl sites for hydroxylation is 1. The van der Waals surface area contributed by atoms with Crippen LogP contribution in [0.5, 0.6) is 5.75 Å². The number of hydrogen-bond acceptors (Lipinski definition) is 4. The number of para-hydroxylation sites is 1. The number of amides is 1. The van der Waals surface area contributed by atoms with Crippen molar-refractivity contribution >= 4 is 17.2 Å². The smallest absolute Gasteiger partial charge is 0.255 e. The molecular weight excluding hydrogens is 284 g/mol. The maximum absolute atomic E-state index is 12.1. The van der Waals surface area contributed by atoms with Gasteiger partial charge in [-0.3, -0.25) is 4.79 Å². The average molecular weight is 300 g/mol. The second-order valence-corrected chi connectivity index (χ2v) is 5.59. The predicted molar refractivity (Wildman–Crippen MR) is 84.3 cm³/mol. The molecule has 1 heterocycles. The Morgan fingerprint density at radius 3 is 2.95 bits per heavy atom. The normalized spacial score (nSPS) is 9.81. The number of rotatable bonds is 3. The van der Waals surface area contributed by atoms with Crippen molar-refractivity contribution in [2.45, 2.75) is 13.5 Å². The van der Waals surface area contributed by atoms with Crippen LogP contribution in [0.2, 0.25) is 0 Å². The van der Waals surface area contributed by atoms with Gasteiger partial charge in [-0.2, -0.15) is 0 Å². The molecule has 0 saturated carbocycles. The lowest BCUT2D eigenvalue weighted by molar-refractivity contribution is 0.0948. The summed E-state index contributed by atoms with van der Waals surface area (Å²) in [5.41, 5.74) is 6.29. The Kier molecular flexibility index (Phi) is 4.99. The van der Waals surface area contributed by atoms with Crippen molar-refractivity contribution in [2.75, 3.05) is 6.54 Å². The van der Waals surface area contributed by atoms with E-state index in [1.807, 2.05) is 12.1 Å². The highest BCUT2D eigenvalue weighted by Crippen LogP contribution is 2.21. The summed E-state index contributed by atoms with van der Waals surface area (Å²) in [6.07, 6.45) is 0. The van der Waals surface area contributed by atoms with Crippen LogP contribution in [0.15, 0.2) is 30.3 Å². The second-order valence-electron chi connectivity index (χ2n) is 4.43. The topological polar surface area (TPSA) is 75.4 Å². The Bertz CT molecular complexity index is 711. The van der Waals surface area contributed by atoms with Crippen LogP contribution in [-0.2, 0) is 6.54 Å². The number of thiophene rings is 1. The number of carbonyl (C=O) groups excluding carboxylic acids is 1. The van der Waals surface area contributed by atoms with Gasteiger partial charge in [0.15, 0.2) is 0 Å². The molecule has 1 aromatic carbocycles. The summed E-state index contributed by atoms with van der Waals surface area (Å²) < 4.78 is 0. The lowest BCUT2D eigenvalue weighted by Crippen LogP contribution is -2.22. The van der Waals surface area contributed by atoms with Crippen LogP contribution in [0.3, 0.4) is 0 Å². The van der Waals surface area contributed by atoms with E-state index in [2.05, 4.69) is 17.2 Å². The van der Waals surface area contributed by atoms with Gasteiger partial charge in [0.2, 0.25) is 0 Å². The fourth-order valence-electron chi connectivity index (χ4n) is 1.78. The highest BCUT2D eigenvalue weighted by Gasteiger charge is 2.12. The average Bonchev–Trinajstić information content (AvgIpc) is 2.93. The Morgan fingerprint density at radius 2 is 2.19 bits per heavy atom. The number of nitrogens with two attached hydrogens (primary N) is 1. The van der Waals surface area contributed by atoms with E-state index in [1.165, 1.54) is 11.3 Å². The molecule has 1 aromatic heterocycles. The molecule has 0 unspecified atom stereocenters. The van der Waals surface area contributed by atoms with Crippen LogP contribution in [0.1, 0.15) is 25.7 Å². The number of phenols is 1. The first-order valence-corrected chi connectivity index (χ1v) is 7.28. The number of aromatic hydroxyl groups is 1. The lowest BCUT2D eigenvalue weighted by atomic mass is 10.1. The Hall–Kier alpha value is -2.29. The molecule has 108 valence electrons. The van der Waals surface area contributed by atoms with Crippen LogP contribution < -0.4 is 11.1 Å². The van der Waals surface area contributed by atoms with Gasteiger partial charge in [0.05, 0.1) is 23.5 Å². The summed E-state index contributed by atoms with van der Waals surface area (Å²) in [4.78, 5) is 14.0. The SMILES string of the molecule is Cc1cccc(C(=O)NCc2ccc(C#CCN)s2)c1O. The molecular formula is C16H16N2O2S. The number of carbonyl (C=O) groups is 1. The molecule has 0 radical (unpaired) electrons. The first-order chi connectivity index (χ1) is 10.1. The minimum Gasteiger partial charge on any atom is -0.507 e. The van der Waals surface area contributed by atoms with Crippen molar-refractivity contribution in [2.24, 2.45) is 5.73 Å². The molecule has 4 nitrogen and oxygen atoms in total. The highest BCUT2D eigenvalue weighted by atomic mass is 32.1. The van der Waals surface area contributed by atoms with E-state index in [9.17, 15) is 9.90 Å². The van der Waals surface area contributed by atoms with Gasteiger partial charge >= 0.3 is 0 Å². The number of nitrogens with one attached hydrogen (secondary N) is 1. The fraction of sp³-hybridized carbons (Fsp3) is 0.188. The first-order valence-electron chi connectivity index (χ1n) is 6.46. The molecule has 0 aliphatic carbocycles. The zero-order valence-electron chi connectivity index (χ0n) is 11.6. The molecule has 2 rings (SSSR count). The van der Waals surface area contributed by atoms with E-state index in [0.717, 1.165) is 9.75 Å². The van der Waals surface area contributed by atoms with Crippen molar-refractivity contribution in [1.29, 1.82) is 0 Å².